The Morgan fingerprint density at radius 2 is 2.05 bits per heavy atom. The van der Waals surface area contributed by atoms with Crippen molar-refractivity contribution in [3.8, 4) is 5.75 Å². The number of ether oxygens (including phenoxy) is 1. The molecule has 1 aromatic heterocycles. The van der Waals surface area contributed by atoms with Gasteiger partial charge in [0.1, 0.15) is 12.4 Å². The minimum Gasteiger partial charge on any atom is -0.486 e. The van der Waals surface area contributed by atoms with Crippen LogP contribution in [0.4, 0.5) is 5.69 Å². The third-order valence-electron chi connectivity index (χ3n) is 3.20. The van der Waals surface area contributed by atoms with Crippen LogP contribution in [0.15, 0.2) is 42.6 Å². The lowest BCUT2D eigenvalue weighted by Crippen LogP contribution is -2.25. The Balaban J connectivity index is 2.06. The molecule has 0 saturated carbocycles. The van der Waals surface area contributed by atoms with Gasteiger partial charge in [-0.1, -0.05) is 17.7 Å². The van der Waals surface area contributed by atoms with E-state index in [2.05, 4.69) is 23.7 Å². The molecule has 0 spiro atoms. The smallest absolute Gasteiger partial charge is 0.138 e. The first-order chi connectivity index (χ1) is 9.58. The molecule has 1 aromatic carbocycles. The Morgan fingerprint density at radius 1 is 1.25 bits per heavy atom. The zero-order chi connectivity index (χ0) is 14.5. The molecule has 106 valence electrons. The second-order valence-electron chi connectivity index (χ2n) is 4.93. The summed E-state index contributed by atoms with van der Waals surface area (Å²) in [6, 6.07) is 12.0. The molecule has 0 bridgehead atoms. The normalized spacial score (nSPS) is 10.7. The number of pyridine rings is 1. The maximum atomic E-state index is 6.27. The van der Waals surface area contributed by atoms with E-state index in [0.717, 1.165) is 11.4 Å². The second-order valence-corrected chi connectivity index (χ2v) is 5.34. The molecule has 0 N–H and O–H groups in total. The Kier molecular flexibility index (Phi) is 4.85. The average Bonchev–Trinajstić information content (AvgIpc) is 2.46. The Labute approximate surface area is 125 Å². The highest BCUT2D eigenvalue weighted by molar-refractivity contribution is 6.32. The van der Waals surface area contributed by atoms with Crippen molar-refractivity contribution < 1.29 is 4.74 Å². The van der Waals surface area contributed by atoms with Crippen LogP contribution in [-0.4, -0.2) is 18.1 Å². The highest BCUT2D eigenvalue weighted by atomic mass is 35.5. The van der Waals surface area contributed by atoms with Crippen LogP contribution in [0.5, 0.6) is 5.75 Å². The summed E-state index contributed by atoms with van der Waals surface area (Å²) >= 11 is 6.27. The first-order valence-corrected chi connectivity index (χ1v) is 7.01. The van der Waals surface area contributed by atoms with Gasteiger partial charge in [0.05, 0.1) is 10.7 Å². The molecule has 0 atom stereocenters. The van der Waals surface area contributed by atoms with Crippen molar-refractivity contribution in [2.45, 2.75) is 26.5 Å². The van der Waals surface area contributed by atoms with Gasteiger partial charge in [0.2, 0.25) is 0 Å². The summed E-state index contributed by atoms with van der Waals surface area (Å²) in [5.41, 5.74) is 1.96. The third kappa shape index (κ3) is 3.64. The molecule has 0 aliphatic heterocycles. The summed E-state index contributed by atoms with van der Waals surface area (Å²) in [5, 5.41) is 0.617. The van der Waals surface area contributed by atoms with Crippen LogP contribution in [0.2, 0.25) is 5.02 Å². The maximum Gasteiger partial charge on any atom is 0.138 e. The van der Waals surface area contributed by atoms with Gasteiger partial charge in [-0.2, -0.15) is 0 Å². The number of hydrogen-bond donors (Lipinski definition) is 0. The molecule has 0 fully saturated rings. The lowest BCUT2D eigenvalue weighted by atomic mass is 10.2. The molecule has 20 heavy (non-hydrogen) atoms. The lowest BCUT2D eigenvalue weighted by Gasteiger charge is -2.24. The van der Waals surface area contributed by atoms with E-state index in [-0.39, 0.29) is 0 Å². The van der Waals surface area contributed by atoms with Crippen LogP contribution < -0.4 is 9.64 Å². The molecule has 0 saturated heterocycles. The molecule has 0 aliphatic rings. The molecular weight excluding hydrogens is 272 g/mol. The first kappa shape index (κ1) is 14.7. The Hall–Kier alpha value is -1.74. The fraction of sp³-hybridized carbons (Fsp3) is 0.312. The van der Waals surface area contributed by atoms with E-state index in [9.17, 15) is 0 Å². The maximum absolute atomic E-state index is 6.27. The predicted molar refractivity (Wildman–Crippen MR) is 83.6 cm³/mol. The van der Waals surface area contributed by atoms with E-state index in [1.165, 1.54) is 0 Å². The zero-order valence-electron chi connectivity index (χ0n) is 12.0. The summed E-state index contributed by atoms with van der Waals surface area (Å²) in [7, 11) is 2.05. The Morgan fingerprint density at radius 3 is 2.65 bits per heavy atom. The van der Waals surface area contributed by atoms with Crippen molar-refractivity contribution in [2.75, 3.05) is 11.9 Å². The molecule has 1 heterocycles. The van der Waals surface area contributed by atoms with Gasteiger partial charge >= 0.3 is 0 Å². The highest BCUT2D eigenvalue weighted by Gasteiger charge is 2.09. The summed E-state index contributed by atoms with van der Waals surface area (Å²) in [6.45, 7) is 4.69. The van der Waals surface area contributed by atoms with Crippen molar-refractivity contribution in [3.05, 3.63) is 53.3 Å². The molecule has 0 radical (unpaired) electrons. The largest absolute Gasteiger partial charge is 0.486 e. The van der Waals surface area contributed by atoms with Crippen molar-refractivity contribution in [2.24, 2.45) is 0 Å². The molecule has 3 nitrogen and oxygen atoms in total. The minimum atomic E-state index is 0.417. The van der Waals surface area contributed by atoms with Gasteiger partial charge in [-0.15, -0.1) is 0 Å². The van der Waals surface area contributed by atoms with Crippen LogP contribution in [0.1, 0.15) is 19.5 Å². The van der Waals surface area contributed by atoms with E-state index in [1.54, 1.807) is 6.20 Å². The SMILES string of the molecule is CC(C)N(C)c1ccc(OCc2ccccn2)c(Cl)c1. The number of nitrogens with zero attached hydrogens (tertiary/aromatic N) is 2. The van der Waals surface area contributed by atoms with Gasteiger partial charge in [-0.3, -0.25) is 4.98 Å². The average molecular weight is 291 g/mol. The molecule has 2 aromatic rings. The first-order valence-electron chi connectivity index (χ1n) is 6.63. The van der Waals surface area contributed by atoms with Crippen molar-refractivity contribution in [1.29, 1.82) is 0 Å². The van der Waals surface area contributed by atoms with Gasteiger partial charge in [0, 0.05) is 25.0 Å². The molecular formula is C16H19ClN2O. The minimum absolute atomic E-state index is 0.417. The number of rotatable bonds is 5. The van der Waals surface area contributed by atoms with Gasteiger partial charge in [0.15, 0.2) is 0 Å². The molecule has 2 rings (SSSR count). The summed E-state index contributed by atoms with van der Waals surface area (Å²) < 4.78 is 5.71. The fourth-order valence-electron chi connectivity index (χ4n) is 1.76. The van der Waals surface area contributed by atoms with Crippen molar-refractivity contribution >= 4 is 17.3 Å². The van der Waals surface area contributed by atoms with E-state index < -0.39 is 0 Å². The third-order valence-corrected chi connectivity index (χ3v) is 3.49. The molecule has 0 aliphatic carbocycles. The number of benzene rings is 1. The van der Waals surface area contributed by atoms with Crippen LogP contribution in [-0.2, 0) is 6.61 Å². The van der Waals surface area contributed by atoms with Crippen LogP contribution in [0.3, 0.4) is 0 Å². The molecule has 4 heteroatoms. The second kappa shape index (κ2) is 6.62. The number of anilines is 1. The van der Waals surface area contributed by atoms with Crippen LogP contribution >= 0.6 is 11.6 Å². The Bertz CT molecular complexity index is 558. The lowest BCUT2D eigenvalue weighted by molar-refractivity contribution is 0.301. The van der Waals surface area contributed by atoms with Crippen molar-refractivity contribution in [1.82, 2.24) is 4.98 Å². The van der Waals surface area contributed by atoms with Gasteiger partial charge in [-0.25, -0.2) is 0 Å². The fourth-order valence-corrected chi connectivity index (χ4v) is 1.99. The predicted octanol–water partition coefficient (Wildman–Crippen LogP) is 4.16. The quantitative estimate of drug-likeness (QED) is 0.827. The number of halogens is 1. The standard InChI is InChI=1S/C16H19ClN2O/c1-12(2)19(3)14-7-8-16(15(17)10-14)20-11-13-6-4-5-9-18-13/h4-10,12H,11H2,1-3H3. The monoisotopic (exact) mass is 290 g/mol. The molecule has 0 unspecified atom stereocenters. The van der Waals surface area contributed by atoms with E-state index in [1.807, 2.05) is 43.4 Å². The topological polar surface area (TPSA) is 25.4 Å². The van der Waals surface area contributed by atoms with Gasteiger partial charge in [-0.05, 0) is 44.2 Å². The van der Waals surface area contributed by atoms with Gasteiger partial charge in [0.25, 0.3) is 0 Å². The van der Waals surface area contributed by atoms with Crippen LogP contribution in [0.25, 0.3) is 0 Å². The number of aromatic nitrogens is 1. The number of hydrogen-bond acceptors (Lipinski definition) is 3. The van der Waals surface area contributed by atoms with E-state index in [4.69, 9.17) is 16.3 Å². The summed E-state index contributed by atoms with van der Waals surface area (Å²) in [6.07, 6.45) is 1.75. The van der Waals surface area contributed by atoms with E-state index >= 15 is 0 Å². The summed E-state index contributed by atoms with van der Waals surface area (Å²) in [4.78, 5) is 6.38. The van der Waals surface area contributed by atoms with Gasteiger partial charge < -0.3 is 9.64 Å². The summed E-state index contributed by atoms with van der Waals surface area (Å²) in [5.74, 6) is 0.679. The zero-order valence-corrected chi connectivity index (χ0v) is 12.8. The molecule has 0 amide bonds. The highest BCUT2D eigenvalue weighted by Crippen LogP contribution is 2.30. The van der Waals surface area contributed by atoms with Crippen LogP contribution in [0, 0.1) is 0 Å². The van der Waals surface area contributed by atoms with Crippen molar-refractivity contribution in [3.63, 3.8) is 0 Å². The van der Waals surface area contributed by atoms with E-state index in [0.29, 0.717) is 23.4 Å².